The van der Waals surface area contributed by atoms with Crippen LogP contribution in [0.3, 0.4) is 0 Å². The summed E-state index contributed by atoms with van der Waals surface area (Å²) in [6.07, 6.45) is 0.768. The van der Waals surface area contributed by atoms with Gasteiger partial charge in [-0.1, -0.05) is 12.1 Å². The van der Waals surface area contributed by atoms with E-state index in [4.69, 9.17) is 0 Å². The summed E-state index contributed by atoms with van der Waals surface area (Å²) in [6, 6.07) is 4.86. The Labute approximate surface area is 89.3 Å². The molecular weight excluding hydrogens is 191 g/mol. The van der Waals surface area contributed by atoms with Crippen molar-refractivity contribution >= 4 is 5.78 Å². The summed E-state index contributed by atoms with van der Waals surface area (Å²) < 4.78 is 13.5. The van der Waals surface area contributed by atoms with Gasteiger partial charge in [0, 0.05) is 12.8 Å². The summed E-state index contributed by atoms with van der Waals surface area (Å²) in [6.45, 7) is 3.37. The lowest BCUT2D eigenvalue weighted by molar-refractivity contribution is 0.0980. The molecule has 78 valence electrons. The normalized spacial score (nSPS) is 9.27. The molecule has 0 saturated heterocycles. The molecule has 0 N–H and O–H groups in total. The number of rotatable bonds is 3. The number of Topliss-reactive ketones (excluding diaryl/α,β-unsaturated/α-hetero) is 1. The van der Waals surface area contributed by atoms with Crippen LogP contribution in [0.2, 0.25) is 0 Å². The second-order valence-electron chi connectivity index (χ2n) is 3.29. The van der Waals surface area contributed by atoms with Crippen molar-refractivity contribution in [2.24, 2.45) is 0 Å². The number of halogens is 1. The van der Waals surface area contributed by atoms with Crippen LogP contribution in [-0.2, 0) is 0 Å². The lowest BCUT2D eigenvalue weighted by Crippen LogP contribution is -2.03. The van der Waals surface area contributed by atoms with Crippen LogP contribution < -0.4 is 0 Å². The minimum atomic E-state index is -0.410. The van der Waals surface area contributed by atoms with E-state index in [0.717, 1.165) is 0 Å². The largest absolute Gasteiger partial charge is 0.294 e. The Morgan fingerprint density at radius 3 is 2.87 bits per heavy atom. The van der Waals surface area contributed by atoms with Crippen LogP contribution in [0.25, 0.3) is 0 Å². The zero-order chi connectivity index (χ0) is 11.3. The maximum atomic E-state index is 13.5. The zero-order valence-electron chi connectivity index (χ0n) is 8.93. The third-order valence-electron chi connectivity index (χ3n) is 2.15. The predicted molar refractivity (Wildman–Crippen MR) is 58.2 cm³/mol. The Morgan fingerprint density at radius 2 is 2.20 bits per heavy atom. The molecule has 0 spiro atoms. The van der Waals surface area contributed by atoms with Gasteiger partial charge in [-0.3, -0.25) is 4.79 Å². The first kappa shape index (κ1) is 11.5. The van der Waals surface area contributed by atoms with Gasteiger partial charge in [0.15, 0.2) is 5.78 Å². The molecule has 0 radical (unpaired) electrons. The van der Waals surface area contributed by atoms with E-state index >= 15 is 0 Å². The first-order valence-corrected chi connectivity index (χ1v) is 4.84. The van der Waals surface area contributed by atoms with Crippen LogP contribution >= 0.6 is 0 Å². The summed E-state index contributed by atoms with van der Waals surface area (Å²) in [7, 11) is 0. The molecule has 0 fully saturated rings. The Hall–Kier alpha value is -1.62. The molecule has 15 heavy (non-hydrogen) atoms. The van der Waals surface area contributed by atoms with Crippen molar-refractivity contribution in [3.8, 4) is 11.8 Å². The first-order valence-electron chi connectivity index (χ1n) is 4.84. The SMILES string of the molecule is CC#CCCC(=O)c1cccc(C)c1F. The molecule has 1 rings (SSSR count). The Bertz CT molecular complexity index is 424. The molecule has 0 saturated carbocycles. The number of aryl methyl sites for hydroxylation is 1. The summed E-state index contributed by atoms with van der Waals surface area (Å²) in [5.74, 6) is 4.90. The molecule has 0 atom stereocenters. The molecule has 0 aromatic heterocycles. The smallest absolute Gasteiger partial charge is 0.166 e. The van der Waals surface area contributed by atoms with Gasteiger partial charge in [0.25, 0.3) is 0 Å². The van der Waals surface area contributed by atoms with E-state index in [1.807, 2.05) is 0 Å². The second-order valence-corrected chi connectivity index (χ2v) is 3.29. The highest BCUT2D eigenvalue weighted by Gasteiger charge is 2.11. The lowest BCUT2D eigenvalue weighted by atomic mass is 10.0. The van der Waals surface area contributed by atoms with Gasteiger partial charge in [-0.25, -0.2) is 4.39 Å². The van der Waals surface area contributed by atoms with Crippen LogP contribution in [0.15, 0.2) is 18.2 Å². The third-order valence-corrected chi connectivity index (χ3v) is 2.15. The highest BCUT2D eigenvalue weighted by atomic mass is 19.1. The molecule has 0 aliphatic rings. The maximum absolute atomic E-state index is 13.5. The number of ketones is 1. The van der Waals surface area contributed by atoms with Gasteiger partial charge in [0.2, 0.25) is 0 Å². The van der Waals surface area contributed by atoms with Gasteiger partial charge in [0.1, 0.15) is 5.82 Å². The van der Waals surface area contributed by atoms with E-state index in [9.17, 15) is 9.18 Å². The van der Waals surface area contributed by atoms with Gasteiger partial charge < -0.3 is 0 Å². The van der Waals surface area contributed by atoms with Crippen LogP contribution in [0.5, 0.6) is 0 Å². The van der Waals surface area contributed by atoms with Crippen molar-refractivity contribution in [2.45, 2.75) is 26.7 Å². The third kappa shape index (κ3) is 2.92. The highest BCUT2D eigenvalue weighted by molar-refractivity contribution is 5.96. The molecule has 1 aromatic rings. The fourth-order valence-corrected chi connectivity index (χ4v) is 1.30. The average Bonchev–Trinajstić information content (AvgIpc) is 2.22. The van der Waals surface area contributed by atoms with Crippen molar-refractivity contribution in [2.75, 3.05) is 0 Å². The van der Waals surface area contributed by atoms with E-state index in [0.29, 0.717) is 12.0 Å². The summed E-state index contributed by atoms with van der Waals surface area (Å²) in [5.41, 5.74) is 0.676. The standard InChI is InChI=1S/C13H13FO/c1-3-4-5-9-12(15)11-8-6-7-10(2)13(11)14/h6-8H,5,9H2,1-2H3. The van der Waals surface area contributed by atoms with Gasteiger partial charge in [0.05, 0.1) is 5.56 Å². The number of hydrogen-bond donors (Lipinski definition) is 0. The van der Waals surface area contributed by atoms with Crippen molar-refractivity contribution in [3.63, 3.8) is 0 Å². The minimum absolute atomic E-state index is 0.174. The second kappa shape index (κ2) is 5.31. The van der Waals surface area contributed by atoms with E-state index < -0.39 is 5.82 Å². The summed E-state index contributed by atoms with van der Waals surface area (Å²) >= 11 is 0. The molecule has 0 heterocycles. The average molecular weight is 204 g/mol. The molecule has 1 nitrogen and oxygen atoms in total. The van der Waals surface area contributed by atoms with Crippen molar-refractivity contribution in [3.05, 3.63) is 35.1 Å². The lowest BCUT2D eigenvalue weighted by Gasteiger charge is -2.02. The minimum Gasteiger partial charge on any atom is -0.294 e. The maximum Gasteiger partial charge on any atom is 0.166 e. The van der Waals surface area contributed by atoms with Crippen molar-refractivity contribution in [1.29, 1.82) is 0 Å². The van der Waals surface area contributed by atoms with E-state index in [-0.39, 0.29) is 17.8 Å². The molecular formula is C13H13FO. The van der Waals surface area contributed by atoms with Crippen LogP contribution in [0.1, 0.15) is 35.7 Å². The fraction of sp³-hybridized carbons (Fsp3) is 0.308. The molecule has 2 heteroatoms. The number of carbonyl (C=O) groups is 1. The van der Waals surface area contributed by atoms with Crippen molar-refractivity contribution in [1.82, 2.24) is 0 Å². The van der Waals surface area contributed by atoms with Crippen LogP contribution in [0, 0.1) is 24.6 Å². The highest BCUT2D eigenvalue weighted by Crippen LogP contribution is 2.14. The van der Waals surface area contributed by atoms with Crippen LogP contribution in [0.4, 0.5) is 4.39 Å². The zero-order valence-corrected chi connectivity index (χ0v) is 8.93. The monoisotopic (exact) mass is 204 g/mol. The fourth-order valence-electron chi connectivity index (χ4n) is 1.30. The van der Waals surface area contributed by atoms with Crippen molar-refractivity contribution < 1.29 is 9.18 Å². The van der Waals surface area contributed by atoms with Gasteiger partial charge in [-0.2, -0.15) is 0 Å². The van der Waals surface area contributed by atoms with Gasteiger partial charge in [-0.15, -0.1) is 11.8 Å². The predicted octanol–water partition coefficient (Wildman–Crippen LogP) is 3.12. The quantitative estimate of drug-likeness (QED) is 0.546. The molecule has 0 unspecified atom stereocenters. The molecule has 0 aliphatic carbocycles. The Balaban J connectivity index is 2.81. The van der Waals surface area contributed by atoms with Gasteiger partial charge in [-0.05, 0) is 25.5 Å². The molecule has 0 aliphatic heterocycles. The summed E-state index contributed by atoms with van der Waals surface area (Å²) in [4.78, 5) is 11.6. The molecule has 0 amide bonds. The number of benzene rings is 1. The van der Waals surface area contributed by atoms with E-state index in [2.05, 4.69) is 11.8 Å². The summed E-state index contributed by atoms with van der Waals surface area (Å²) in [5, 5.41) is 0. The van der Waals surface area contributed by atoms with Crippen LogP contribution in [-0.4, -0.2) is 5.78 Å². The number of carbonyl (C=O) groups excluding carboxylic acids is 1. The molecule has 0 bridgehead atoms. The Morgan fingerprint density at radius 1 is 1.47 bits per heavy atom. The van der Waals surface area contributed by atoms with E-state index in [1.54, 1.807) is 26.0 Å². The topological polar surface area (TPSA) is 17.1 Å². The van der Waals surface area contributed by atoms with Gasteiger partial charge >= 0.3 is 0 Å². The Kier molecular flexibility index (Phi) is 4.05. The molecule has 1 aromatic carbocycles. The number of hydrogen-bond acceptors (Lipinski definition) is 1. The first-order chi connectivity index (χ1) is 7.16. The van der Waals surface area contributed by atoms with E-state index in [1.165, 1.54) is 6.07 Å².